The summed E-state index contributed by atoms with van der Waals surface area (Å²) in [5.41, 5.74) is 0.811. The number of nitrogens with one attached hydrogen (secondary N) is 1. The van der Waals surface area contributed by atoms with Crippen molar-refractivity contribution in [2.24, 2.45) is 0 Å². The molecule has 0 spiro atoms. The van der Waals surface area contributed by atoms with Gasteiger partial charge in [-0.25, -0.2) is 0 Å². The zero-order chi connectivity index (χ0) is 14.1. The topological polar surface area (TPSA) is 34.0 Å². The predicted octanol–water partition coefficient (Wildman–Crippen LogP) is 3.99. The first-order chi connectivity index (χ1) is 9.67. The molecule has 0 bridgehead atoms. The first kappa shape index (κ1) is 14.5. The number of halogens is 1. The highest BCUT2D eigenvalue weighted by Gasteiger charge is 2.30. The summed E-state index contributed by atoms with van der Waals surface area (Å²) in [5.74, 6) is 1.26. The monoisotopic (exact) mass is 356 g/mol. The Morgan fingerprint density at radius 2 is 2.25 bits per heavy atom. The lowest BCUT2D eigenvalue weighted by atomic mass is 10.2. The maximum atomic E-state index is 12.5. The molecule has 5 heteroatoms. The van der Waals surface area contributed by atoms with E-state index in [0.29, 0.717) is 12.1 Å². The van der Waals surface area contributed by atoms with E-state index in [1.165, 1.54) is 25.0 Å². The van der Waals surface area contributed by atoms with Crippen LogP contribution in [0.4, 0.5) is 0 Å². The first-order valence-corrected chi connectivity index (χ1v) is 9.31. The van der Waals surface area contributed by atoms with Crippen LogP contribution < -0.4 is 5.32 Å². The molecule has 3 nitrogen and oxygen atoms in total. The maximum Gasteiger partial charge on any atom is 0.268 e. The summed E-state index contributed by atoms with van der Waals surface area (Å²) >= 11 is 5.51. The molecule has 2 aliphatic carbocycles. The SMILES string of the molecule is CCSC1CCC(NC(=O)c2cc(Br)cn2C2CC2)C1. The molecule has 2 aliphatic rings. The second kappa shape index (κ2) is 6.14. The van der Waals surface area contributed by atoms with Gasteiger partial charge in [0.1, 0.15) is 5.69 Å². The Balaban J connectivity index is 1.62. The van der Waals surface area contributed by atoms with Crippen molar-refractivity contribution in [1.29, 1.82) is 0 Å². The van der Waals surface area contributed by atoms with Crippen LogP contribution in [0.3, 0.4) is 0 Å². The molecular formula is C15H21BrN2OS. The number of hydrogen-bond donors (Lipinski definition) is 1. The van der Waals surface area contributed by atoms with E-state index >= 15 is 0 Å². The minimum absolute atomic E-state index is 0.0924. The molecule has 0 aromatic carbocycles. The van der Waals surface area contributed by atoms with Gasteiger partial charge < -0.3 is 9.88 Å². The molecule has 20 heavy (non-hydrogen) atoms. The lowest BCUT2D eigenvalue weighted by Crippen LogP contribution is -2.34. The van der Waals surface area contributed by atoms with E-state index in [0.717, 1.165) is 28.3 Å². The van der Waals surface area contributed by atoms with E-state index in [-0.39, 0.29) is 5.91 Å². The van der Waals surface area contributed by atoms with Gasteiger partial charge in [-0.2, -0.15) is 11.8 Å². The van der Waals surface area contributed by atoms with Crippen molar-refractivity contribution in [3.63, 3.8) is 0 Å². The molecule has 2 atom stereocenters. The van der Waals surface area contributed by atoms with Gasteiger partial charge in [0.25, 0.3) is 5.91 Å². The molecule has 110 valence electrons. The highest BCUT2D eigenvalue weighted by atomic mass is 79.9. The number of carbonyl (C=O) groups excluding carboxylic acids is 1. The number of thioether (sulfide) groups is 1. The first-order valence-electron chi connectivity index (χ1n) is 7.47. The fraction of sp³-hybridized carbons (Fsp3) is 0.667. The van der Waals surface area contributed by atoms with Crippen LogP contribution in [0.15, 0.2) is 16.7 Å². The van der Waals surface area contributed by atoms with Crippen molar-refractivity contribution < 1.29 is 4.79 Å². The average Bonchev–Trinajstić information content (AvgIpc) is 3.05. The third-order valence-electron chi connectivity index (χ3n) is 4.11. The Morgan fingerprint density at radius 3 is 2.95 bits per heavy atom. The Bertz CT molecular complexity index is 498. The Labute approximate surface area is 133 Å². The number of rotatable bonds is 5. The molecule has 0 aliphatic heterocycles. The van der Waals surface area contributed by atoms with Crippen LogP contribution in [-0.2, 0) is 0 Å². The van der Waals surface area contributed by atoms with Gasteiger partial charge in [0.05, 0.1) is 0 Å². The van der Waals surface area contributed by atoms with Gasteiger partial charge in [-0.3, -0.25) is 4.79 Å². The average molecular weight is 357 g/mol. The van der Waals surface area contributed by atoms with Gasteiger partial charge >= 0.3 is 0 Å². The normalized spacial score (nSPS) is 25.9. The van der Waals surface area contributed by atoms with Gasteiger partial charge in [0.15, 0.2) is 0 Å². The third-order valence-corrected chi connectivity index (χ3v) is 5.78. The van der Waals surface area contributed by atoms with Crippen molar-refractivity contribution in [2.45, 2.75) is 56.4 Å². The highest BCUT2D eigenvalue weighted by molar-refractivity contribution is 9.10. The van der Waals surface area contributed by atoms with Crippen molar-refractivity contribution in [3.8, 4) is 0 Å². The van der Waals surface area contributed by atoms with E-state index < -0.39 is 0 Å². The van der Waals surface area contributed by atoms with E-state index in [9.17, 15) is 4.79 Å². The Morgan fingerprint density at radius 1 is 1.45 bits per heavy atom. The quantitative estimate of drug-likeness (QED) is 0.865. The minimum Gasteiger partial charge on any atom is -0.348 e. The summed E-state index contributed by atoms with van der Waals surface area (Å²) in [5, 5.41) is 3.95. The summed E-state index contributed by atoms with van der Waals surface area (Å²) in [4.78, 5) is 12.5. The van der Waals surface area contributed by atoms with Crippen LogP contribution in [0.5, 0.6) is 0 Å². The predicted molar refractivity (Wildman–Crippen MR) is 87.4 cm³/mol. The maximum absolute atomic E-state index is 12.5. The highest BCUT2D eigenvalue weighted by Crippen LogP contribution is 2.37. The molecule has 1 aromatic rings. The lowest BCUT2D eigenvalue weighted by Gasteiger charge is -2.14. The molecule has 3 rings (SSSR count). The summed E-state index contributed by atoms with van der Waals surface area (Å²) in [7, 11) is 0. The fourth-order valence-corrected chi connectivity index (χ4v) is 4.58. The van der Waals surface area contributed by atoms with Gasteiger partial charge in [-0.05, 0) is 59.9 Å². The molecule has 1 heterocycles. The summed E-state index contributed by atoms with van der Waals surface area (Å²) < 4.78 is 3.13. The van der Waals surface area contributed by atoms with Gasteiger partial charge in [-0.1, -0.05) is 6.92 Å². The van der Waals surface area contributed by atoms with Crippen molar-refractivity contribution in [1.82, 2.24) is 9.88 Å². The Kier molecular flexibility index (Phi) is 4.46. The van der Waals surface area contributed by atoms with Crippen LogP contribution in [0.2, 0.25) is 0 Å². The van der Waals surface area contributed by atoms with Crippen LogP contribution in [0.1, 0.15) is 55.6 Å². The van der Waals surface area contributed by atoms with Crippen molar-refractivity contribution >= 4 is 33.6 Å². The largest absolute Gasteiger partial charge is 0.348 e. The molecule has 0 radical (unpaired) electrons. The van der Waals surface area contributed by atoms with Crippen LogP contribution in [-0.4, -0.2) is 27.5 Å². The lowest BCUT2D eigenvalue weighted by molar-refractivity contribution is 0.0928. The van der Waals surface area contributed by atoms with E-state index in [4.69, 9.17) is 0 Å². The molecule has 0 saturated heterocycles. The van der Waals surface area contributed by atoms with Crippen molar-refractivity contribution in [2.75, 3.05) is 5.75 Å². The van der Waals surface area contributed by atoms with E-state index in [2.05, 4.69) is 32.7 Å². The summed E-state index contributed by atoms with van der Waals surface area (Å²) in [6.45, 7) is 2.20. The fourth-order valence-electron chi connectivity index (χ4n) is 3.00. The number of carbonyl (C=O) groups is 1. The van der Waals surface area contributed by atoms with E-state index in [1.807, 2.05) is 24.0 Å². The zero-order valence-electron chi connectivity index (χ0n) is 11.8. The third kappa shape index (κ3) is 3.25. The molecule has 1 amide bonds. The van der Waals surface area contributed by atoms with Crippen LogP contribution >= 0.6 is 27.7 Å². The molecule has 1 aromatic heterocycles. The van der Waals surface area contributed by atoms with Crippen LogP contribution in [0.25, 0.3) is 0 Å². The number of nitrogens with zero attached hydrogens (tertiary/aromatic N) is 1. The second-order valence-electron chi connectivity index (χ2n) is 5.74. The van der Waals surface area contributed by atoms with Crippen molar-refractivity contribution in [3.05, 3.63) is 22.4 Å². The number of aromatic nitrogens is 1. The molecule has 2 saturated carbocycles. The summed E-state index contributed by atoms with van der Waals surface area (Å²) in [6.07, 6.45) is 7.90. The van der Waals surface area contributed by atoms with E-state index in [1.54, 1.807) is 0 Å². The molecule has 1 N–H and O–H groups in total. The zero-order valence-corrected chi connectivity index (χ0v) is 14.2. The van der Waals surface area contributed by atoms with Crippen LogP contribution in [0, 0.1) is 0 Å². The number of hydrogen-bond acceptors (Lipinski definition) is 2. The second-order valence-corrected chi connectivity index (χ2v) is 8.24. The van der Waals surface area contributed by atoms with Gasteiger partial charge in [-0.15, -0.1) is 0 Å². The Hall–Kier alpha value is -0.420. The standard InChI is InChI=1S/C15H21BrN2OS/c1-2-20-13-6-3-11(8-13)17-15(19)14-7-10(16)9-18(14)12-4-5-12/h7,9,11-13H,2-6,8H2,1H3,(H,17,19). The van der Waals surface area contributed by atoms with Gasteiger partial charge in [0.2, 0.25) is 0 Å². The minimum atomic E-state index is 0.0924. The summed E-state index contributed by atoms with van der Waals surface area (Å²) in [6, 6.07) is 2.84. The molecular weight excluding hydrogens is 336 g/mol. The number of amides is 1. The smallest absolute Gasteiger partial charge is 0.268 e. The van der Waals surface area contributed by atoms with Gasteiger partial charge in [0, 0.05) is 28.0 Å². The molecule has 2 unspecified atom stereocenters. The molecule has 2 fully saturated rings.